The number of benzene rings is 2. The first kappa shape index (κ1) is 23.5. The van der Waals surface area contributed by atoms with Crippen LogP contribution in [0.3, 0.4) is 0 Å². The summed E-state index contributed by atoms with van der Waals surface area (Å²) in [5, 5.41) is 12.5. The highest BCUT2D eigenvalue weighted by Crippen LogP contribution is 2.37. The van der Waals surface area contributed by atoms with Gasteiger partial charge in [-0.3, -0.25) is 0 Å². The summed E-state index contributed by atoms with van der Waals surface area (Å²) < 4.78 is 17.8. The summed E-state index contributed by atoms with van der Waals surface area (Å²) in [7, 11) is 0. The second-order valence-electron chi connectivity index (χ2n) is 7.55. The van der Waals surface area contributed by atoms with E-state index in [4.69, 9.17) is 14.2 Å². The third kappa shape index (κ3) is 6.19. The number of para-hydroxylation sites is 1. The summed E-state index contributed by atoms with van der Waals surface area (Å²) in [4.78, 5) is 0. The van der Waals surface area contributed by atoms with Crippen LogP contribution in [0.5, 0.6) is 17.4 Å². The Bertz CT molecular complexity index is 964. The van der Waals surface area contributed by atoms with Gasteiger partial charge in [0.2, 0.25) is 12.5 Å². The van der Waals surface area contributed by atoms with E-state index in [0.717, 1.165) is 37.0 Å². The van der Waals surface area contributed by atoms with Crippen LogP contribution in [0.15, 0.2) is 48.5 Å². The van der Waals surface area contributed by atoms with Crippen LogP contribution < -0.4 is 14.2 Å². The molecule has 0 saturated heterocycles. The lowest BCUT2D eigenvalue weighted by Gasteiger charge is -2.17. The van der Waals surface area contributed by atoms with Crippen LogP contribution >= 0.6 is 0 Å². The van der Waals surface area contributed by atoms with Crippen LogP contribution in [0.1, 0.15) is 57.6 Å². The number of unbranched alkanes of at least 4 members (excludes halogenated alkanes) is 3. The van der Waals surface area contributed by atoms with Crippen molar-refractivity contribution in [2.45, 2.75) is 59.3 Å². The summed E-state index contributed by atoms with van der Waals surface area (Å²) in [6.45, 7) is 7.08. The van der Waals surface area contributed by atoms with E-state index in [9.17, 15) is 0 Å². The molecule has 3 aromatic rings. The fourth-order valence-electron chi connectivity index (χ4n) is 3.68. The van der Waals surface area contributed by atoms with Crippen LogP contribution in [0.25, 0.3) is 11.3 Å². The SMILES string of the molecule is CCCCCCOc1nnnc(-c2cccc(CC)c2CC)c1OCOc1ccccc1. The van der Waals surface area contributed by atoms with Gasteiger partial charge in [-0.25, -0.2) is 0 Å². The molecule has 0 atom stereocenters. The monoisotopic (exact) mass is 435 g/mol. The highest BCUT2D eigenvalue weighted by atomic mass is 16.7. The normalized spacial score (nSPS) is 10.7. The molecule has 0 aliphatic heterocycles. The highest BCUT2D eigenvalue weighted by molar-refractivity contribution is 5.72. The van der Waals surface area contributed by atoms with Crippen LogP contribution in [0.4, 0.5) is 0 Å². The number of nitrogens with zero attached hydrogens (tertiary/aromatic N) is 3. The summed E-state index contributed by atoms with van der Waals surface area (Å²) in [5.41, 5.74) is 4.15. The molecule has 0 radical (unpaired) electrons. The van der Waals surface area contributed by atoms with Crippen LogP contribution in [0.2, 0.25) is 0 Å². The smallest absolute Gasteiger partial charge is 0.280 e. The van der Waals surface area contributed by atoms with Gasteiger partial charge in [0, 0.05) is 5.56 Å². The van der Waals surface area contributed by atoms with E-state index in [1.807, 2.05) is 36.4 Å². The molecule has 170 valence electrons. The average molecular weight is 436 g/mol. The Hall–Kier alpha value is -3.15. The Morgan fingerprint density at radius 3 is 2.34 bits per heavy atom. The fraction of sp³-hybridized carbons (Fsp3) is 0.423. The molecule has 3 rings (SSSR count). The number of hydrogen-bond acceptors (Lipinski definition) is 6. The van der Waals surface area contributed by atoms with Gasteiger partial charge in [-0.05, 0) is 47.7 Å². The van der Waals surface area contributed by atoms with Gasteiger partial charge < -0.3 is 14.2 Å². The maximum atomic E-state index is 6.07. The van der Waals surface area contributed by atoms with Gasteiger partial charge in [-0.1, -0.05) is 81.5 Å². The maximum absolute atomic E-state index is 6.07. The van der Waals surface area contributed by atoms with Crippen LogP contribution in [-0.4, -0.2) is 28.8 Å². The Kier molecular flexibility index (Phi) is 9.29. The molecule has 32 heavy (non-hydrogen) atoms. The Morgan fingerprint density at radius 2 is 1.59 bits per heavy atom. The molecule has 6 heteroatoms. The summed E-state index contributed by atoms with van der Waals surface area (Å²) in [5.74, 6) is 1.55. The van der Waals surface area contributed by atoms with E-state index in [0.29, 0.717) is 23.9 Å². The van der Waals surface area contributed by atoms with Gasteiger partial charge in [-0.2, -0.15) is 0 Å². The first-order valence-electron chi connectivity index (χ1n) is 11.6. The molecule has 0 fully saturated rings. The lowest BCUT2D eigenvalue weighted by atomic mass is 9.95. The van der Waals surface area contributed by atoms with Crippen LogP contribution in [0, 0.1) is 0 Å². The van der Waals surface area contributed by atoms with Crippen molar-refractivity contribution < 1.29 is 14.2 Å². The first-order chi connectivity index (χ1) is 15.8. The van der Waals surface area contributed by atoms with E-state index in [-0.39, 0.29) is 6.79 Å². The van der Waals surface area contributed by atoms with Gasteiger partial charge in [0.25, 0.3) is 5.88 Å². The van der Waals surface area contributed by atoms with E-state index in [1.165, 1.54) is 24.0 Å². The Morgan fingerprint density at radius 1 is 0.750 bits per heavy atom. The van der Waals surface area contributed by atoms with Gasteiger partial charge in [0.15, 0.2) is 0 Å². The maximum Gasteiger partial charge on any atom is 0.280 e. The topological polar surface area (TPSA) is 66.4 Å². The Balaban J connectivity index is 1.89. The number of ether oxygens (including phenoxy) is 3. The molecule has 1 aromatic heterocycles. The summed E-state index contributed by atoms with van der Waals surface area (Å²) in [6, 6.07) is 15.8. The molecule has 0 aliphatic rings. The van der Waals surface area contributed by atoms with Crippen molar-refractivity contribution in [3.63, 3.8) is 0 Å². The quantitative estimate of drug-likeness (QED) is 0.241. The first-order valence-corrected chi connectivity index (χ1v) is 11.6. The summed E-state index contributed by atoms with van der Waals surface area (Å²) in [6.07, 6.45) is 6.28. The number of rotatable bonds is 13. The van der Waals surface area contributed by atoms with Crippen molar-refractivity contribution in [3.8, 4) is 28.6 Å². The van der Waals surface area contributed by atoms with Crippen molar-refractivity contribution in [2.24, 2.45) is 0 Å². The predicted molar refractivity (Wildman–Crippen MR) is 126 cm³/mol. The van der Waals surface area contributed by atoms with E-state index >= 15 is 0 Å². The molecular formula is C26H33N3O3. The lowest BCUT2D eigenvalue weighted by Crippen LogP contribution is -2.11. The number of hydrogen-bond donors (Lipinski definition) is 0. The largest absolute Gasteiger partial charge is 0.474 e. The minimum atomic E-state index is 0.0194. The second kappa shape index (κ2) is 12.6. The molecule has 0 spiro atoms. The molecule has 0 amide bonds. The second-order valence-corrected chi connectivity index (χ2v) is 7.55. The molecule has 0 aliphatic carbocycles. The van der Waals surface area contributed by atoms with Crippen molar-refractivity contribution in [2.75, 3.05) is 13.4 Å². The van der Waals surface area contributed by atoms with Crippen molar-refractivity contribution in [3.05, 3.63) is 59.7 Å². The van der Waals surface area contributed by atoms with Gasteiger partial charge in [-0.15, -0.1) is 5.10 Å². The van der Waals surface area contributed by atoms with Gasteiger partial charge >= 0.3 is 0 Å². The predicted octanol–water partition coefficient (Wildman–Crippen LogP) is 6.04. The standard InChI is InChI=1S/C26H33N3O3/c1-4-7-8-12-18-30-26-25(32-19-31-21-15-10-9-11-16-21)24(27-29-28-26)23-17-13-14-20(5-2)22(23)6-3/h9-11,13-17H,4-8,12,18-19H2,1-3H3. The summed E-state index contributed by atoms with van der Waals surface area (Å²) >= 11 is 0. The third-order valence-corrected chi connectivity index (χ3v) is 5.36. The third-order valence-electron chi connectivity index (χ3n) is 5.36. The zero-order valence-electron chi connectivity index (χ0n) is 19.3. The van der Waals surface area contributed by atoms with E-state index in [1.54, 1.807) is 0 Å². The average Bonchev–Trinajstić information content (AvgIpc) is 2.84. The minimum absolute atomic E-state index is 0.0194. The highest BCUT2D eigenvalue weighted by Gasteiger charge is 2.21. The molecule has 0 saturated carbocycles. The molecule has 1 heterocycles. The van der Waals surface area contributed by atoms with E-state index in [2.05, 4.69) is 48.3 Å². The van der Waals surface area contributed by atoms with Crippen molar-refractivity contribution in [1.82, 2.24) is 15.4 Å². The van der Waals surface area contributed by atoms with Crippen molar-refractivity contribution in [1.29, 1.82) is 0 Å². The molecule has 0 bridgehead atoms. The zero-order valence-corrected chi connectivity index (χ0v) is 19.3. The Labute approximate surface area is 190 Å². The lowest BCUT2D eigenvalue weighted by molar-refractivity contribution is 0.113. The number of aromatic nitrogens is 3. The van der Waals surface area contributed by atoms with Crippen molar-refractivity contribution >= 4 is 0 Å². The molecular weight excluding hydrogens is 402 g/mol. The van der Waals surface area contributed by atoms with Gasteiger partial charge in [0.1, 0.15) is 11.4 Å². The van der Waals surface area contributed by atoms with E-state index < -0.39 is 0 Å². The molecule has 0 unspecified atom stereocenters. The number of aryl methyl sites for hydroxylation is 1. The van der Waals surface area contributed by atoms with Gasteiger partial charge in [0.05, 0.1) is 6.61 Å². The molecule has 0 N–H and O–H groups in total. The fourth-order valence-corrected chi connectivity index (χ4v) is 3.68. The zero-order chi connectivity index (χ0) is 22.6. The molecule has 6 nitrogen and oxygen atoms in total. The minimum Gasteiger partial charge on any atom is -0.474 e. The molecule has 2 aromatic carbocycles. The van der Waals surface area contributed by atoms with Crippen LogP contribution in [-0.2, 0) is 12.8 Å².